The van der Waals surface area contributed by atoms with Crippen LogP contribution < -0.4 is 10.6 Å². The highest BCUT2D eigenvalue weighted by atomic mass is 35.5. The molecule has 4 aromatic rings. The fourth-order valence-corrected chi connectivity index (χ4v) is 4.98. The molecule has 0 unspecified atom stereocenters. The van der Waals surface area contributed by atoms with Gasteiger partial charge in [-0.15, -0.1) is 0 Å². The maximum atomic E-state index is 13.4. The first kappa shape index (κ1) is 32.6. The third kappa shape index (κ3) is 9.08. The number of ketones is 1. The number of carboxylic acids is 1. The largest absolute Gasteiger partial charge is 0.481 e. The lowest BCUT2D eigenvalue weighted by atomic mass is 9.99. The molecule has 0 fully saturated rings. The second kappa shape index (κ2) is 14.4. The van der Waals surface area contributed by atoms with Crippen LogP contribution in [0.25, 0.3) is 11.1 Å². The van der Waals surface area contributed by atoms with Crippen LogP contribution in [0.1, 0.15) is 40.7 Å². The van der Waals surface area contributed by atoms with Crippen molar-refractivity contribution in [3.05, 3.63) is 118 Å². The number of anilines is 2. The van der Waals surface area contributed by atoms with Crippen LogP contribution >= 0.6 is 23.2 Å². The topological polar surface area (TPSA) is 95.5 Å². The number of carbonyl (C=O) groups is 3. The third-order valence-corrected chi connectivity index (χ3v) is 7.32. The molecule has 0 aliphatic heterocycles. The van der Waals surface area contributed by atoms with Gasteiger partial charge in [-0.3, -0.25) is 14.4 Å². The molecule has 0 aliphatic carbocycles. The Bertz CT molecular complexity index is 1630. The summed E-state index contributed by atoms with van der Waals surface area (Å²) in [6.07, 6.45) is -4.07. The molecule has 0 spiro atoms. The van der Waals surface area contributed by atoms with E-state index in [0.29, 0.717) is 21.3 Å². The predicted octanol–water partition coefficient (Wildman–Crippen LogP) is 8.78. The molecule has 0 saturated heterocycles. The van der Waals surface area contributed by atoms with E-state index in [1.807, 2.05) is 30.3 Å². The molecule has 0 saturated carbocycles. The smallest absolute Gasteiger partial charge is 0.416 e. The first-order valence-corrected chi connectivity index (χ1v) is 14.3. The van der Waals surface area contributed by atoms with Crippen molar-refractivity contribution in [2.75, 3.05) is 10.6 Å². The van der Waals surface area contributed by atoms with Gasteiger partial charge in [-0.05, 0) is 78.2 Å². The third-order valence-electron chi connectivity index (χ3n) is 6.77. The van der Waals surface area contributed by atoms with Crippen LogP contribution in [0.15, 0.2) is 91.0 Å². The van der Waals surface area contributed by atoms with Crippen LogP contribution in [0.2, 0.25) is 10.0 Å². The van der Waals surface area contributed by atoms with E-state index in [0.717, 1.165) is 28.8 Å². The van der Waals surface area contributed by atoms with E-state index in [1.54, 1.807) is 36.4 Å². The van der Waals surface area contributed by atoms with Gasteiger partial charge in [0.1, 0.15) is 6.04 Å². The molecule has 4 aromatic carbocycles. The fourth-order valence-electron chi connectivity index (χ4n) is 4.46. The second-order valence-corrected chi connectivity index (χ2v) is 10.9. The van der Waals surface area contributed by atoms with E-state index >= 15 is 0 Å². The van der Waals surface area contributed by atoms with Crippen LogP contribution in [0.3, 0.4) is 0 Å². The van der Waals surface area contributed by atoms with Crippen LogP contribution in [-0.4, -0.2) is 28.8 Å². The van der Waals surface area contributed by atoms with Crippen molar-refractivity contribution in [3.63, 3.8) is 0 Å². The number of rotatable bonds is 12. The monoisotopic (exact) mass is 642 g/mol. The molecule has 11 heteroatoms. The first-order chi connectivity index (χ1) is 20.9. The predicted molar refractivity (Wildman–Crippen MR) is 165 cm³/mol. The zero-order valence-corrected chi connectivity index (χ0v) is 24.6. The molecule has 44 heavy (non-hydrogen) atoms. The average molecular weight is 643 g/mol. The Kier molecular flexibility index (Phi) is 10.7. The van der Waals surface area contributed by atoms with Crippen molar-refractivity contribution in [1.82, 2.24) is 0 Å². The summed E-state index contributed by atoms with van der Waals surface area (Å²) in [6.45, 7) is 0. The number of amides is 1. The molecular weight excluding hydrogens is 616 g/mol. The number of halogens is 5. The highest BCUT2D eigenvalue weighted by Crippen LogP contribution is 2.31. The number of Topliss-reactive ketones (excluding diaryl/α,β-unsaturated/α-hetero) is 1. The SMILES string of the molecule is O=C(O)CCCC(=O)c1ccc(N[C@H](Cc2ccc(-c3ccc(Cl)cc3Cl)cc2)C(=O)Nc2ccc(C(F)(F)F)cc2)cc1. The molecule has 228 valence electrons. The van der Waals surface area contributed by atoms with Crippen LogP contribution in [-0.2, 0) is 22.2 Å². The van der Waals surface area contributed by atoms with Crippen molar-refractivity contribution in [3.8, 4) is 11.1 Å². The first-order valence-electron chi connectivity index (χ1n) is 13.5. The maximum absolute atomic E-state index is 13.4. The highest BCUT2D eigenvalue weighted by Gasteiger charge is 2.30. The number of alkyl halides is 3. The van der Waals surface area contributed by atoms with E-state index in [4.69, 9.17) is 28.3 Å². The van der Waals surface area contributed by atoms with Gasteiger partial charge in [0.05, 0.1) is 5.56 Å². The summed E-state index contributed by atoms with van der Waals surface area (Å²) >= 11 is 12.4. The minimum atomic E-state index is -4.50. The zero-order chi connectivity index (χ0) is 31.9. The lowest BCUT2D eigenvalue weighted by Crippen LogP contribution is -2.36. The van der Waals surface area contributed by atoms with Crippen LogP contribution in [0, 0.1) is 0 Å². The quantitative estimate of drug-likeness (QED) is 0.134. The Hall–Kier alpha value is -4.34. The molecule has 3 N–H and O–H groups in total. The molecule has 1 atom stereocenters. The number of nitrogens with one attached hydrogen (secondary N) is 2. The molecule has 0 radical (unpaired) electrons. The van der Waals surface area contributed by atoms with Crippen molar-refractivity contribution in [2.24, 2.45) is 0 Å². The number of hydrogen-bond donors (Lipinski definition) is 3. The van der Waals surface area contributed by atoms with Gasteiger partial charge in [0, 0.05) is 51.8 Å². The Labute approximate surface area is 261 Å². The number of benzene rings is 4. The molecule has 4 rings (SSSR count). The lowest BCUT2D eigenvalue weighted by Gasteiger charge is -2.20. The van der Waals surface area contributed by atoms with Gasteiger partial charge in [-0.2, -0.15) is 13.2 Å². The summed E-state index contributed by atoms with van der Waals surface area (Å²) in [4.78, 5) is 36.5. The molecule has 0 bridgehead atoms. The van der Waals surface area contributed by atoms with E-state index in [-0.39, 0.29) is 37.2 Å². The minimum absolute atomic E-state index is 0.0917. The van der Waals surface area contributed by atoms with Crippen molar-refractivity contribution in [1.29, 1.82) is 0 Å². The number of hydrogen-bond acceptors (Lipinski definition) is 4. The van der Waals surface area contributed by atoms with E-state index in [1.165, 1.54) is 12.1 Å². The van der Waals surface area contributed by atoms with Gasteiger partial charge in [0.2, 0.25) is 5.91 Å². The second-order valence-electron chi connectivity index (χ2n) is 10.0. The van der Waals surface area contributed by atoms with Crippen molar-refractivity contribution < 1.29 is 32.7 Å². The van der Waals surface area contributed by atoms with Crippen LogP contribution in [0.5, 0.6) is 0 Å². The lowest BCUT2D eigenvalue weighted by molar-refractivity contribution is -0.138. The van der Waals surface area contributed by atoms with Crippen molar-refractivity contribution >= 4 is 52.2 Å². The molecular formula is C33H27Cl2F3N2O4. The van der Waals surface area contributed by atoms with E-state index in [2.05, 4.69) is 10.6 Å². The van der Waals surface area contributed by atoms with E-state index in [9.17, 15) is 27.6 Å². The molecule has 0 aromatic heterocycles. The Morgan fingerprint density at radius 2 is 1.43 bits per heavy atom. The summed E-state index contributed by atoms with van der Waals surface area (Å²) in [7, 11) is 0. The van der Waals surface area contributed by atoms with Crippen molar-refractivity contribution in [2.45, 2.75) is 37.9 Å². The van der Waals surface area contributed by atoms with Gasteiger partial charge in [0.25, 0.3) is 0 Å². The van der Waals surface area contributed by atoms with Crippen LogP contribution in [0.4, 0.5) is 24.5 Å². The summed E-state index contributed by atoms with van der Waals surface area (Å²) in [5, 5.41) is 15.6. The van der Waals surface area contributed by atoms with E-state index < -0.39 is 29.7 Å². The fraction of sp³-hybridized carbons (Fsp3) is 0.182. The van der Waals surface area contributed by atoms with Gasteiger partial charge < -0.3 is 15.7 Å². The molecule has 6 nitrogen and oxygen atoms in total. The summed E-state index contributed by atoms with van der Waals surface area (Å²) < 4.78 is 39.0. The number of carboxylic acid groups (broad SMARTS) is 1. The van der Waals surface area contributed by atoms with Gasteiger partial charge in [0.15, 0.2) is 5.78 Å². The Balaban J connectivity index is 1.52. The molecule has 1 amide bonds. The number of aliphatic carboxylic acids is 1. The maximum Gasteiger partial charge on any atom is 0.416 e. The normalized spacial score (nSPS) is 11.9. The van der Waals surface area contributed by atoms with Gasteiger partial charge in [-0.1, -0.05) is 53.5 Å². The highest BCUT2D eigenvalue weighted by molar-refractivity contribution is 6.36. The summed E-state index contributed by atoms with van der Waals surface area (Å²) in [5.74, 6) is -1.65. The Morgan fingerprint density at radius 1 is 0.795 bits per heavy atom. The molecule has 0 aliphatic rings. The minimum Gasteiger partial charge on any atom is -0.481 e. The van der Waals surface area contributed by atoms with Gasteiger partial charge in [-0.25, -0.2) is 0 Å². The molecule has 0 heterocycles. The average Bonchev–Trinajstić information content (AvgIpc) is 2.97. The summed E-state index contributed by atoms with van der Waals surface area (Å²) in [6, 6.07) is 22.4. The summed E-state index contributed by atoms with van der Waals surface area (Å²) in [5.41, 5.74) is 2.73. The number of carbonyl (C=O) groups excluding carboxylic acids is 2. The zero-order valence-electron chi connectivity index (χ0n) is 23.1. The van der Waals surface area contributed by atoms with Gasteiger partial charge >= 0.3 is 12.1 Å². The standard InChI is InChI=1S/C33H27Cl2F3N2O4/c34-24-12-17-27(28(35)19-24)21-6-4-20(5-7-21)18-29(32(44)40-26-15-10-23(11-16-26)33(36,37)38)39-25-13-8-22(9-14-25)30(41)2-1-3-31(42)43/h4-17,19,29,39H,1-3,18H2,(H,40,44)(H,42,43)/t29-/m1/s1. The Morgan fingerprint density at radius 3 is 2.02 bits per heavy atom.